The van der Waals surface area contributed by atoms with Crippen molar-refractivity contribution in [3.8, 4) is 11.5 Å². The largest absolute Gasteiger partial charge is 0.507 e. The molecule has 5 N–H and O–H groups in total. The van der Waals surface area contributed by atoms with Crippen LogP contribution in [0.15, 0.2) is 44.0 Å². The van der Waals surface area contributed by atoms with Crippen LogP contribution in [0.3, 0.4) is 0 Å². The van der Waals surface area contributed by atoms with Crippen LogP contribution in [0, 0.1) is 0 Å². The highest BCUT2D eigenvalue weighted by Crippen LogP contribution is 2.34. The van der Waals surface area contributed by atoms with E-state index >= 15 is 0 Å². The zero-order valence-corrected chi connectivity index (χ0v) is 14.2. The molecule has 26 heavy (non-hydrogen) atoms. The van der Waals surface area contributed by atoms with E-state index in [4.69, 9.17) is 0 Å². The fourth-order valence-corrected chi connectivity index (χ4v) is 2.04. The molecule has 1 rings (SSSR count). The van der Waals surface area contributed by atoms with Crippen molar-refractivity contribution in [3.05, 3.63) is 60.7 Å². The molecule has 1 aromatic carbocycles. The Balaban J connectivity index is 3.21. The van der Waals surface area contributed by atoms with Crippen molar-refractivity contribution >= 4 is 17.7 Å². The van der Waals surface area contributed by atoms with Gasteiger partial charge in [0.15, 0.2) is 0 Å². The monoisotopic (exact) mass is 359 g/mol. The van der Waals surface area contributed by atoms with Crippen LogP contribution in [-0.4, -0.2) is 27.9 Å². The van der Waals surface area contributed by atoms with Crippen LogP contribution in [0.2, 0.25) is 0 Å². The van der Waals surface area contributed by atoms with Gasteiger partial charge in [-0.05, 0) is 24.3 Å². The van der Waals surface area contributed by atoms with Gasteiger partial charge < -0.3 is 26.2 Å². The highest BCUT2D eigenvalue weighted by atomic mass is 16.3. The molecule has 8 nitrogen and oxygen atoms in total. The number of rotatable bonds is 9. The summed E-state index contributed by atoms with van der Waals surface area (Å²) in [5.74, 6) is -1.94. The Kier molecular flexibility index (Phi) is 7.63. The van der Waals surface area contributed by atoms with Crippen molar-refractivity contribution in [2.45, 2.75) is 19.6 Å². The molecule has 0 aliphatic rings. The minimum Gasteiger partial charge on any atom is -0.507 e. The van der Waals surface area contributed by atoms with E-state index in [0.29, 0.717) is 11.1 Å². The van der Waals surface area contributed by atoms with Gasteiger partial charge in [-0.1, -0.05) is 19.7 Å². The molecule has 8 heteroatoms. The number of nitrogens with one attached hydrogen (secondary N) is 3. The lowest BCUT2D eigenvalue weighted by molar-refractivity contribution is -0.117. The van der Waals surface area contributed by atoms with Gasteiger partial charge in [-0.2, -0.15) is 0 Å². The number of phenols is 2. The molecule has 1 aromatic rings. The van der Waals surface area contributed by atoms with E-state index in [-0.39, 0.29) is 36.7 Å². The Morgan fingerprint density at radius 1 is 0.769 bits per heavy atom. The first-order valence-electron chi connectivity index (χ1n) is 7.60. The summed E-state index contributed by atoms with van der Waals surface area (Å²) < 4.78 is 0. The second kappa shape index (κ2) is 9.67. The molecule has 0 unspecified atom stereocenters. The quantitative estimate of drug-likeness (QED) is 0.410. The van der Waals surface area contributed by atoms with Crippen LogP contribution >= 0.6 is 0 Å². The molecule has 0 aromatic heterocycles. The van der Waals surface area contributed by atoms with Gasteiger partial charge in [-0.3, -0.25) is 14.4 Å². The molecule has 138 valence electrons. The standard InChI is InChI=1S/C18H21N3O5/c1-4-14(22)19-8-11-7-12(9-20-15(23)5-2)18(26)13(17(11)25)10-21-16(24)6-3/h4-7,25-26H,1-3,8-10H2,(H,19,22)(H,20,23)(H,21,24). The Morgan fingerprint density at radius 3 is 1.46 bits per heavy atom. The van der Waals surface area contributed by atoms with E-state index in [2.05, 4.69) is 35.7 Å². The van der Waals surface area contributed by atoms with Crippen LogP contribution in [0.4, 0.5) is 0 Å². The first kappa shape index (κ1) is 20.5. The minimum atomic E-state index is -0.490. The first-order valence-corrected chi connectivity index (χ1v) is 7.60. The molecule has 0 aliphatic heterocycles. The second-order valence-corrected chi connectivity index (χ2v) is 5.14. The summed E-state index contributed by atoms with van der Waals surface area (Å²) >= 11 is 0. The predicted molar refractivity (Wildman–Crippen MR) is 95.9 cm³/mol. The van der Waals surface area contributed by atoms with Gasteiger partial charge in [0.1, 0.15) is 11.5 Å². The number of carbonyl (C=O) groups is 3. The van der Waals surface area contributed by atoms with E-state index in [1.807, 2.05) is 0 Å². The predicted octanol–water partition coefficient (Wildman–Crippen LogP) is 0.504. The van der Waals surface area contributed by atoms with E-state index in [1.54, 1.807) is 0 Å². The van der Waals surface area contributed by atoms with Crippen molar-refractivity contribution < 1.29 is 24.6 Å². The Bertz CT molecular complexity index is 707. The van der Waals surface area contributed by atoms with Crippen LogP contribution in [0.25, 0.3) is 0 Å². The van der Waals surface area contributed by atoms with Gasteiger partial charge in [0.05, 0.1) is 12.1 Å². The minimum absolute atomic E-state index is 0.0399. The zero-order valence-electron chi connectivity index (χ0n) is 14.2. The zero-order chi connectivity index (χ0) is 19.7. The average molecular weight is 359 g/mol. The summed E-state index contributed by atoms with van der Waals surface area (Å²) in [7, 11) is 0. The topological polar surface area (TPSA) is 128 Å². The molecule has 0 fully saturated rings. The molecule has 3 amide bonds. The van der Waals surface area contributed by atoms with Crippen molar-refractivity contribution in [2.75, 3.05) is 0 Å². The first-order chi connectivity index (χ1) is 12.3. The lowest BCUT2D eigenvalue weighted by atomic mass is 10.0. The number of aromatic hydroxyl groups is 2. The van der Waals surface area contributed by atoms with E-state index < -0.39 is 17.7 Å². The van der Waals surface area contributed by atoms with Crippen LogP contribution in [0.5, 0.6) is 11.5 Å². The van der Waals surface area contributed by atoms with Gasteiger partial charge in [0, 0.05) is 24.2 Å². The molecular weight excluding hydrogens is 338 g/mol. The highest BCUT2D eigenvalue weighted by Gasteiger charge is 2.18. The summed E-state index contributed by atoms with van der Waals surface area (Å²) in [4.78, 5) is 34.0. The third-order valence-electron chi connectivity index (χ3n) is 3.43. The SMILES string of the molecule is C=CC(=O)NCc1cc(CNC(=O)C=C)c(O)c(CNC(=O)C=C)c1O. The molecule has 0 heterocycles. The van der Waals surface area contributed by atoms with Gasteiger partial charge in [0.2, 0.25) is 17.7 Å². The highest BCUT2D eigenvalue weighted by molar-refractivity contribution is 5.88. The molecular formula is C18H21N3O5. The van der Waals surface area contributed by atoms with Crippen molar-refractivity contribution in [1.82, 2.24) is 16.0 Å². The Morgan fingerprint density at radius 2 is 1.12 bits per heavy atom. The molecule has 0 saturated carbocycles. The van der Waals surface area contributed by atoms with Gasteiger partial charge in [-0.25, -0.2) is 0 Å². The van der Waals surface area contributed by atoms with Crippen LogP contribution < -0.4 is 16.0 Å². The Labute approximate surface area is 150 Å². The molecule has 0 atom stereocenters. The molecule has 0 bridgehead atoms. The summed E-state index contributed by atoms with van der Waals surface area (Å²) in [5, 5.41) is 28.2. The summed E-state index contributed by atoms with van der Waals surface area (Å²) in [6.07, 6.45) is 3.20. The average Bonchev–Trinajstić information content (AvgIpc) is 2.65. The number of phenolic OH excluding ortho intramolecular Hbond substituents is 2. The van der Waals surface area contributed by atoms with E-state index in [9.17, 15) is 24.6 Å². The van der Waals surface area contributed by atoms with Crippen molar-refractivity contribution in [2.24, 2.45) is 0 Å². The van der Waals surface area contributed by atoms with Gasteiger partial charge in [-0.15, -0.1) is 0 Å². The van der Waals surface area contributed by atoms with Crippen molar-refractivity contribution in [3.63, 3.8) is 0 Å². The summed E-state index contributed by atoms with van der Waals surface area (Å²) in [5.41, 5.74) is 0.640. The third kappa shape index (κ3) is 5.52. The second-order valence-electron chi connectivity index (χ2n) is 5.14. The number of hydrogen-bond acceptors (Lipinski definition) is 5. The maximum Gasteiger partial charge on any atom is 0.243 e. The number of hydrogen-bond donors (Lipinski definition) is 5. The number of carbonyl (C=O) groups excluding carboxylic acids is 3. The molecule has 0 spiro atoms. The summed E-state index contributed by atoms with van der Waals surface area (Å²) in [6.45, 7) is 9.73. The van der Waals surface area contributed by atoms with Gasteiger partial charge in [0.25, 0.3) is 0 Å². The third-order valence-corrected chi connectivity index (χ3v) is 3.43. The summed E-state index contributed by atoms with van der Waals surface area (Å²) in [6, 6.07) is 1.44. The molecule has 0 aliphatic carbocycles. The van der Waals surface area contributed by atoms with E-state index in [1.165, 1.54) is 6.07 Å². The van der Waals surface area contributed by atoms with Crippen LogP contribution in [0.1, 0.15) is 16.7 Å². The normalized spacial score (nSPS) is 9.69. The fourth-order valence-electron chi connectivity index (χ4n) is 2.04. The maximum atomic E-state index is 11.4. The number of benzene rings is 1. The van der Waals surface area contributed by atoms with Crippen molar-refractivity contribution in [1.29, 1.82) is 0 Å². The smallest absolute Gasteiger partial charge is 0.243 e. The molecule has 0 radical (unpaired) electrons. The van der Waals surface area contributed by atoms with Crippen LogP contribution in [-0.2, 0) is 34.0 Å². The lowest BCUT2D eigenvalue weighted by Gasteiger charge is -2.17. The lowest BCUT2D eigenvalue weighted by Crippen LogP contribution is -2.24. The fraction of sp³-hybridized carbons (Fsp3) is 0.167. The maximum absolute atomic E-state index is 11.4. The van der Waals surface area contributed by atoms with E-state index in [0.717, 1.165) is 18.2 Å². The Hall–Kier alpha value is -3.55. The number of amides is 3. The van der Waals surface area contributed by atoms with Gasteiger partial charge >= 0.3 is 0 Å². The molecule has 0 saturated heterocycles.